The Morgan fingerprint density at radius 3 is 0.444 bits per heavy atom. The molecular weight excluding hydrogens is 419 g/mol. The van der Waals surface area contributed by atoms with E-state index in [-0.39, 0.29) is 156 Å². The van der Waals surface area contributed by atoms with Gasteiger partial charge in [0.15, 0.2) is 0 Å². The fraction of sp³-hybridized carbons (Fsp3) is 0. The third kappa shape index (κ3) is 69.0. The molecule has 0 spiro atoms. The molecule has 0 aromatic rings. The molecule has 0 unspecified atom stereocenters. The van der Waals surface area contributed by atoms with Crippen molar-refractivity contribution in [1.82, 2.24) is 0 Å². The van der Waals surface area contributed by atoms with Gasteiger partial charge in [-0.1, -0.05) is 0 Å². The Balaban J connectivity index is 0. The second-order valence-electron chi connectivity index (χ2n) is 0. The van der Waals surface area contributed by atoms with Gasteiger partial charge in [0.05, 0.1) is 0 Å². The Kier molecular flexibility index (Phi) is 974. The molecule has 9 heavy (non-hydrogen) atoms. The summed E-state index contributed by atoms with van der Waals surface area (Å²) in [6, 6.07) is 0. The zero-order chi connectivity index (χ0) is 0. The van der Waals surface area contributed by atoms with Crippen LogP contribution in [0.1, 0.15) is 0 Å². The van der Waals surface area contributed by atoms with Crippen LogP contribution in [-0.4, -0.2) is 74.3 Å². The average Bonchev–Trinajstić information content (AvgIpc) is 0. The van der Waals surface area contributed by atoms with Crippen LogP contribution in [-0.2, 0) is 81.8 Å². The van der Waals surface area contributed by atoms with Gasteiger partial charge in [-0.15, -0.1) is 0 Å². The quantitative estimate of drug-likeness (QED) is 0.412. The van der Waals surface area contributed by atoms with E-state index in [4.69, 9.17) is 0 Å². The van der Waals surface area contributed by atoms with E-state index in [2.05, 4.69) is 0 Å². The van der Waals surface area contributed by atoms with Crippen LogP contribution >= 0.6 is 0 Å². The van der Waals surface area contributed by atoms with Gasteiger partial charge in [-0.3, -0.25) is 0 Å². The number of hydrogen-bond donors (Lipinski definition) is 0. The Bertz CT molecular complexity index is 17.8. The van der Waals surface area contributed by atoms with Crippen molar-refractivity contribution in [3.8, 4) is 0 Å². The smallest absolute Gasteiger partial charge is 2.00 e. The third-order valence-corrected chi connectivity index (χ3v) is 0. The molecule has 0 aromatic heterocycles. The summed E-state index contributed by atoms with van der Waals surface area (Å²) in [7, 11) is 0. The van der Waals surface area contributed by atoms with E-state index in [1.807, 2.05) is 0 Å². The molecule has 3 nitrogen and oxygen atoms in total. The van der Waals surface area contributed by atoms with Crippen LogP contribution in [0.3, 0.4) is 0 Å². The van der Waals surface area contributed by atoms with Crippen molar-refractivity contribution in [3.05, 3.63) is 0 Å². The molecule has 0 aliphatic rings. The summed E-state index contributed by atoms with van der Waals surface area (Å²) in [6.45, 7) is 0. The summed E-state index contributed by atoms with van der Waals surface area (Å²) < 4.78 is 0. The van der Waals surface area contributed by atoms with Crippen LogP contribution in [0.15, 0.2) is 0 Å². The molecule has 0 rings (SSSR count). The summed E-state index contributed by atoms with van der Waals surface area (Å²) in [5.41, 5.74) is 0. The Morgan fingerprint density at radius 2 is 0.444 bits per heavy atom. The molecule has 8 radical (unpaired) electrons. The summed E-state index contributed by atoms with van der Waals surface area (Å²) in [6.07, 6.45) is 0. The largest absolute Gasteiger partial charge is 3.00 e. The maximum atomic E-state index is 0. The second kappa shape index (κ2) is 82.8. The summed E-state index contributed by atoms with van der Waals surface area (Å²) in [5, 5.41) is 0. The van der Waals surface area contributed by atoms with Gasteiger partial charge in [0.1, 0.15) is 0 Å². The molecule has 0 saturated carbocycles. The Morgan fingerprint density at radius 1 is 0.444 bits per heavy atom. The van der Waals surface area contributed by atoms with Gasteiger partial charge in [-0.2, -0.15) is 0 Å². The van der Waals surface area contributed by atoms with Gasteiger partial charge < -0.3 is 16.4 Å². The molecule has 0 atom stereocenters. The molecule has 0 aromatic carbocycles. The predicted molar refractivity (Wildman–Crippen MR) is 25.1 cm³/mol. The number of hydrogen-bond acceptors (Lipinski definition) is 0. The van der Waals surface area contributed by atoms with Crippen molar-refractivity contribution < 1.29 is 81.8 Å². The maximum absolute atomic E-state index is 0. The van der Waals surface area contributed by atoms with E-state index in [1.165, 1.54) is 0 Å². The molecule has 36 valence electrons. The zero-order valence-corrected chi connectivity index (χ0v) is 17.5. The fourth-order valence-corrected chi connectivity index (χ4v) is 0. The molecule has 0 amide bonds. The minimum absolute atomic E-state index is 0. The van der Waals surface area contributed by atoms with E-state index >= 15 is 0 Å². The first-order valence-corrected chi connectivity index (χ1v) is 0. The molecule has 9 heteroatoms. The molecule has 0 fully saturated rings. The normalized spacial score (nSPS) is 0. The van der Waals surface area contributed by atoms with Crippen molar-refractivity contribution in [3.63, 3.8) is 0 Å². The van der Waals surface area contributed by atoms with Crippen LogP contribution in [0.5, 0.6) is 0 Å². The van der Waals surface area contributed by atoms with Crippen molar-refractivity contribution in [2.75, 3.05) is 0 Å². The van der Waals surface area contributed by atoms with Crippen LogP contribution in [0.25, 0.3) is 0 Å². The van der Waals surface area contributed by atoms with Crippen molar-refractivity contribution in [1.29, 1.82) is 0 Å². The Labute approximate surface area is 153 Å². The molecule has 0 bridgehead atoms. The van der Waals surface area contributed by atoms with E-state index in [9.17, 15) is 0 Å². The van der Waals surface area contributed by atoms with Crippen LogP contribution in [0.4, 0.5) is 0 Å². The second-order valence-corrected chi connectivity index (χ2v) is 0. The van der Waals surface area contributed by atoms with Crippen molar-refractivity contribution in [2.45, 2.75) is 0 Å². The first-order chi connectivity index (χ1) is 0. The number of rotatable bonds is 0. The van der Waals surface area contributed by atoms with Crippen molar-refractivity contribution >= 4 is 74.3 Å². The summed E-state index contributed by atoms with van der Waals surface area (Å²) in [4.78, 5) is 0. The minimum atomic E-state index is 0. The molecule has 0 heterocycles. The molecule has 0 N–H and O–H groups in total. The molecular formula is Al2Ga2O3Y2. The predicted octanol–water partition coefficient (Wildman–Crippen LogP) is -1.88. The van der Waals surface area contributed by atoms with E-state index in [0.29, 0.717) is 0 Å². The molecule has 0 aliphatic carbocycles. The third-order valence-electron chi connectivity index (χ3n) is 0. The SMILES string of the molecule is [Al+3].[Al+3].[Ga].[Ga].[O-2].[O-2].[O-2].[Y].[Y]. The van der Waals surface area contributed by atoms with E-state index in [1.54, 1.807) is 0 Å². The first kappa shape index (κ1) is 106. The van der Waals surface area contributed by atoms with Gasteiger partial charge >= 0.3 is 34.7 Å². The van der Waals surface area contributed by atoms with Gasteiger partial charge in [-0.25, -0.2) is 0 Å². The van der Waals surface area contributed by atoms with E-state index < -0.39 is 0 Å². The molecule has 0 saturated heterocycles. The fourth-order valence-electron chi connectivity index (χ4n) is 0. The van der Waals surface area contributed by atoms with Crippen LogP contribution < -0.4 is 0 Å². The summed E-state index contributed by atoms with van der Waals surface area (Å²) >= 11 is 0. The van der Waals surface area contributed by atoms with Gasteiger partial charge in [0.25, 0.3) is 0 Å². The Hall–Kier alpha value is 4.43. The van der Waals surface area contributed by atoms with Crippen LogP contribution in [0, 0.1) is 0 Å². The minimum Gasteiger partial charge on any atom is -2.00 e. The van der Waals surface area contributed by atoms with E-state index in [0.717, 1.165) is 0 Å². The van der Waals surface area contributed by atoms with Gasteiger partial charge in [0, 0.05) is 105 Å². The maximum Gasteiger partial charge on any atom is 3.00 e. The monoisotopic (exact) mass is 418 g/mol. The molecule has 0 aliphatic heterocycles. The van der Waals surface area contributed by atoms with Gasteiger partial charge in [-0.05, 0) is 0 Å². The zero-order valence-electron chi connectivity index (χ0n) is 4.69. The standard InChI is InChI=1S/2Al.2Ga.3O.2Y/q2*+3;;;3*-2;;. The average molecular weight is 419 g/mol. The summed E-state index contributed by atoms with van der Waals surface area (Å²) in [5.74, 6) is 0. The van der Waals surface area contributed by atoms with Crippen molar-refractivity contribution in [2.24, 2.45) is 0 Å². The van der Waals surface area contributed by atoms with Crippen LogP contribution in [0.2, 0.25) is 0 Å². The topological polar surface area (TPSA) is 85.5 Å². The first-order valence-electron chi connectivity index (χ1n) is 0. The van der Waals surface area contributed by atoms with Gasteiger partial charge in [0.2, 0.25) is 0 Å².